The van der Waals surface area contributed by atoms with Crippen LogP contribution in [0.4, 0.5) is 10.1 Å². The van der Waals surface area contributed by atoms with E-state index in [0.29, 0.717) is 5.11 Å². The molecule has 0 saturated carbocycles. The lowest BCUT2D eigenvalue weighted by atomic mass is 10.3. The van der Waals surface area contributed by atoms with Gasteiger partial charge in [0.1, 0.15) is 5.82 Å². The first-order valence-electron chi connectivity index (χ1n) is 4.33. The number of nitrogens with one attached hydrogen (secondary N) is 2. The maximum atomic E-state index is 12.9. The number of anilines is 1. The summed E-state index contributed by atoms with van der Waals surface area (Å²) in [4.78, 5) is 0. The Balaban J connectivity index is 2.17. The molecule has 0 aromatic heterocycles. The molecule has 14 heavy (non-hydrogen) atoms. The molecule has 5 heteroatoms. The second-order valence-corrected chi connectivity index (χ2v) is 3.41. The highest BCUT2D eigenvalue weighted by atomic mass is 32.1. The van der Waals surface area contributed by atoms with Crippen molar-refractivity contribution in [2.24, 2.45) is 0 Å². The second-order valence-electron chi connectivity index (χ2n) is 3.00. The van der Waals surface area contributed by atoms with Gasteiger partial charge in [0.2, 0.25) is 0 Å². The van der Waals surface area contributed by atoms with Crippen LogP contribution in [0.15, 0.2) is 24.3 Å². The Hall–Kier alpha value is -1.36. The maximum absolute atomic E-state index is 12.9. The van der Waals surface area contributed by atoms with Crippen molar-refractivity contribution in [3.8, 4) is 0 Å². The molecule has 0 unspecified atom stereocenters. The Bertz CT molecular complexity index is 356. The Morgan fingerprint density at radius 1 is 1.43 bits per heavy atom. The highest BCUT2D eigenvalue weighted by Crippen LogP contribution is 2.13. The fourth-order valence-electron chi connectivity index (χ4n) is 1.34. The van der Waals surface area contributed by atoms with Gasteiger partial charge in [-0.3, -0.25) is 10.4 Å². The number of hydrogen-bond acceptors (Lipinski definition) is 2. The molecule has 1 aromatic carbocycles. The topological polar surface area (TPSA) is 27.3 Å². The molecular weight excluding hydrogens is 201 g/mol. The van der Waals surface area contributed by atoms with Crippen LogP contribution in [0.2, 0.25) is 0 Å². The largest absolute Gasteiger partial charge is 0.359 e. The van der Waals surface area contributed by atoms with Crippen LogP contribution in [0.5, 0.6) is 0 Å². The molecule has 1 aliphatic rings. The highest BCUT2D eigenvalue weighted by molar-refractivity contribution is 7.80. The summed E-state index contributed by atoms with van der Waals surface area (Å²) in [6, 6.07) is 6.41. The van der Waals surface area contributed by atoms with Crippen molar-refractivity contribution in [2.45, 2.75) is 0 Å². The SMILES string of the molecule is Fc1cccc(N2CCNC(=S)N2)c1. The first-order valence-corrected chi connectivity index (χ1v) is 4.74. The number of halogens is 1. The number of benzene rings is 1. The van der Waals surface area contributed by atoms with Crippen molar-refractivity contribution in [1.82, 2.24) is 10.7 Å². The summed E-state index contributed by atoms with van der Waals surface area (Å²) in [7, 11) is 0. The molecule has 2 N–H and O–H groups in total. The van der Waals surface area contributed by atoms with E-state index in [2.05, 4.69) is 10.7 Å². The zero-order valence-electron chi connectivity index (χ0n) is 7.46. The van der Waals surface area contributed by atoms with Crippen molar-refractivity contribution in [1.29, 1.82) is 0 Å². The first kappa shape index (κ1) is 9.21. The van der Waals surface area contributed by atoms with Gasteiger partial charge in [0.05, 0.1) is 12.2 Å². The van der Waals surface area contributed by atoms with E-state index >= 15 is 0 Å². The predicted octanol–water partition coefficient (Wildman–Crippen LogP) is 1.02. The Morgan fingerprint density at radius 3 is 3.00 bits per heavy atom. The third-order valence-electron chi connectivity index (χ3n) is 1.98. The first-order chi connectivity index (χ1) is 6.75. The summed E-state index contributed by atoms with van der Waals surface area (Å²) in [5.41, 5.74) is 3.73. The zero-order chi connectivity index (χ0) is 9.97. The summed E-state index contributed by atoms with van der Waals surface area (Å²) in [6.45, 7) is 1.52. The van der Waals surface area contributed by atoms with Gasteiger partial charge in [0.15, 0.2) is 5.11 Å². The standard InChI is InChI=1S/C9H10FN3S/c10-7-2-1-3-8(6-7)13-5-4-11-9(14)12-13/h1-3,6H,4-5H2,(H2,11,12,14). The van der Waals surface area contributed by atoms with Crippen LogP contribution >= 0.6 is 12.2 Å². The van der Waals surface area contributed by atoms with Crippen LogP contribution in [0, 0.1) is 5.82 Å². The summed E-state index contributed by atoms with van der Waals surface area (Å²) in [6.07, 6.45) is 0. The molecule has 0 radical (unpaired) electrons. The van der Waals surface area contributed by atoms with Crippen LogP contribution in [0.25, 0.3) is 0 Å². The second kappa shape index (κ2) is 3.79. The number of hydrazine groups is 1. The summed E-state index contributed by atoms with van der Waals surface area (Å²) in [5.74, 6) is -0.242. The van der Waals surface area contributed by atoms with E-state index < -0.39 is 0 Å². The van der Waals surface area contributed by atoms with E-state index in [-0.39, 0.29) is 5.82 Å². The van der Waals surface area contributed by atoms with Gasteiger partial charge in [-0.05, 0) is 30.4 Å². The van der Waals surface area contributed by atoms with Crippen molar-refractivity contribution in [3.63, 3.8) is 0 Å². The molecule has 74 valence electrons. The summed E-state index contributed by atoms with van der Waals surface area (Å²) in [5, 5.41) is 5.37. The van der Waals surface area contributed by atoms with E-state index in [4.69, 9.17) is 12.2 Å². The zero-order valence-corrected chi connectivity index (χ0v) is 8.27. The minimum Gasteiger partial charge on any atom is -0.359 e. The van der Waals surface area contributed by atoms with Crippen LogP contribution in [0.3, 0.4) is 0 Å². The smallest absolute Gasteiger partial charge is 0.185 e. The Labute approximate surface area is 86.9 Å². The Morgan fingerprint density at radius 2 is 2.29 bits per heavy atom. The normalized spacial score (nSPS) is 16.1. The van der Waals surface area contributed by atoms with Gasteiger partial charge in [-0.15, -0.1) is 0 Å². The fourth-order valence-corrected chi connectivity index (χ4v) is 1.55. The van der Waals surface area contributed by atoms with E-state index in [1.807, 2.05) is 11.1 Å². The Kier molecular flexibility index (Phi) is 2.49. The number of nitrogens with zero attached hydrogens (tertiary/aromatic N) is 1. The van der Waals surface area contributed by atoms with Gasteiger partial charge >= 0.3 is 0 Å². The summed E-state index contributed by atoms with van der Waals surface area (Å²) < 4.78 is 12.9. The van der Waals surface area contributed by atoms with Crippen LogP contribution in [-0.4, -0.2) is 18.2 Å². The van der Waals surface area contributed by atoms with E-state index in [0.717, 1.165) is 18.8 Å². The molecule has 1 heterocycles. The average Bonchev–Trinajstić information content (AvgIpc) is 2.18. The molecule has 2 rings (SSSR count). The predicted molar refractivity (Wildman–Crippen MR) is 57.5 cm³/mol. The average molecular weight is 211 g/mol. The number of thiocarbonyl (C=S) groups is 1. The van der Waals surface area contributed by atoms with Crippen molar-refractivity contribution < 1.29 is 4.39 Å². The van der Waals surface area contributed by atoms with Gasteiger partial charge in [-0.1, -0.05) is 6.07 Å². The molecule has 3 nitrogen and oxygen atoms in total. The number of rotatable bonds is 1. The minimum absolute atomic E-state index is 0.242. The third-order valence-corrected chi connectivity index (χ3v) is 2.21. The quantitative estimate of drug-likeness (QED) is 0.678. The van der Waals surface area contributed by atoms with E-state index in [9.17, 15) is 4.39 Å². The molecular formula is C9H10FN3S. The van der Waals surface area contributed by atoms with Gasteiger partial charge in [-0.2, -0.15) is 0 Å². The van der Waals surface area contributed by atoms with Gasteiger partial charge in [0.25, 0.3) is 0 Å². The number of hydrogen-bond donors (Lipinski definition) is 2. The van der Waals surface area contributed by atoms with Crippen LogP contribution < -0.4 is 15.8 Å². The minimum atomic E-state index is -0.242. The maximum Gasteiger partial charge on any atom is 0.185 e. The van der Waals surface area contributed by atoms with Crippen molar-refractivity contribution in [2.75, 3.05) is 18.1 Å². The van der Waals surface area contributed by atoms with Gasteiger partial charge < -0.3 is 5.32 Å². The fraction of sp³-hybridized carbons (Fsp3) is 0.222. The van der Waals surface area contributed by atoms with E-state index in [1.54, 1.807) is 6.07 Å². The molecule has 1 aromatic rings. The molecule has 1 saturated heterocycles. The highest BCUT2D eigenvalue weighted by Gasteiger charge is 2.12. The molecule has 0 bridgehead atoms. The van der Waals surface area contributed by atoms with Crippen LogP contribution in [0.1, 0.15) is 0 Å². The molecule has 0 atom stereocenters. The van der Waals surface area contributed by atoms with Gasteiger partial charge in [-0.25, -0.2) is 4.39 Å². The van der Waals surface area contributed by atoms with Crippen molar-refractivity contribution >= 4 is 23.0 Å². The molecule has 0 aliphatic carbocycles. The van der Waals surface area contributed by atoms with E-state index in [1.165, 1.54) is 12.1 Å². The summed E-state index contributed by atoms with van der Waals surface area (Å²) >= 11 is 4.96. The molecule has 1 aliphatic heterocycles. The van der Waals surface area contributed by atoms with Gasteiger partial charge in [0, 0.05) is 6.54 Å². The molecule has 0 amide bonds. The monoisotopic (exact) mass is 211 g/mol. The lowest BCUT2D eigenvalue weighted by Crippen LogP contribution is -2.55. The molecule has 0 spiro atoms. The van der Waals surface area contributed by atoms with Crippen LogP contribution in [-0.2, 0) is 0 Å². The lowest BCUT2D eigenvalue weighted by Gasteiger charge is -2.31. The van der Waals surface area contributed by atoms with Crippen molar-refractivity contribution in [3.05, 3.63) is 30.1 Å². The third kappa shape index (κ3) is 1.93. The molecule has 1 fully saturated rings. The lowest BCUT2D eigenvalue weighted by molar-refractivity contribution is 0.621.